The first kappa shape index (κ1) is 13.4. The molecule has 0 spiro atoms. The Morgan fingerprint density at radius 2 is 1.86 bits per heavy atom. The molecule has 2 atom stereocenters. The van der Waals surface area contributed by atoms with Crippen LogP contribution in [0.5, 0.6) is 0 Å². The van der Waals surface area contributed by atoms with Crippen LogP contribution < -0.4 is 4.90 Å². The van der Waals surface area contributed by atoms with Crippen molar-refractivity contribution in [1.29, 1.82) is 0 Å². The molecule has 1 aromatic carbocycles. The highest BCUT2D eigenvalue weighted by Crippen LogP contribution is 2.31. The monoisotopic (exact) mass is 301 g/mol. The average molecular weight is 302 g/mol. The molecular formula is C17H20ClN3. The summed E-state index contributed by atoms with van der Waals surface area (Å²) in [6.07, 6.45) is 3.97. The minimum atomic E-state index is 0.668. The first-order valence-electron chi connectivity index (χ1n) is 7.74. The largest absolute Gasteiger partial charge is 0.353 e. The van der Waals surface area contributed by atoms with Crippen molar-refractivity contribution in [2.24, 2.45) is 0 Å². The van der Waals surface area contributed by atoms with Gasteiger partial charge in [0.05, 0.1) is 10.5 Å². The van der Waals surface area contributed by atoms with E-state index < -0.39 is 0 Å². The standard InChI is InChI=1S/C17H20ClN3/c1-20-13-5-3-6-14(20)11-21(10-13)16-9-8-12-4-2-7-15(18)17(12)19-16/h2,4,7-9,13-14H,3,5-6,10-11H2,1H3. The number of nitrogens with zero attached hydrogens (tertiary/aromatic N) is 3. The third kappa shape index (κ3) is 2.29. The fraction of sp³-hybridized carbons (Fsp3) is 0.471. The van der Waals surface area contributed by atoms with Crippen molar-refractivity contribution in [3.05, 3.63) is 35.4 Å². The van der Waals surface area contributed by atoms with Crippen molar-refractivity contribution in [3.63, 3.8) is 0 Å². The van der Waals surface area contributed by atoms with Crippen molar-refractivity contribution in [3.8, 4) is 0 Å². The number of para-hydroxylation sites is 1. The third-order valence-corrected chi connectivity index (χ3v) is 5.37. The third-order valence-electron chi connectivity index (χ3n) is 5.07. The number of hydrogen-bond acceptors (Lipinski definition) is 3. The number of anilines is 1. The van der Waals surface area contributed by atoms with E-state index in [0.717, 1.165) is 34.8 Å². The van der Waals surface area contributed by atoms with Crippen LogP contribution in [0.4, 0.5) is 5.82 Å². The van der Waals surface area contributed by atoms with Crippen LogP contribution in [-0.4, -0.2) is 42.1 Å². The summed E-state index contributed by atoms with van der Waals surface area (Å²) in [5.41, 5.74) is 0.917. The van der Waals surface area contributed by atoms with Gasteiger partial charge in [0.25, 0.3) is 0 Å². The molecule has 2 aromatic rings. The zero-order valence-electron chi connectivity index (χ0n) is 12.3. The minimum absolute atomic E-state index is 0.668. The fourth-order valence-electron chi connectivity index (χ4n) is 3.78. The summed E-state index contributed by atoms with van der Waals surface area (Å²) in [7, 11) is 2.27. The Morgan fingerprint density at radius 1 is 1.10 bits per heavy atom. The van der Waals surface area contributed by atoms with Gasteiger partial charge in [-0.25, -0.2) is 4.98 Å². The normalized spacial score (nSPS) is 26.3. The molecule has 2 fully saturated rings. The fourth-order valence-corrected chi connectivity index (χ4v) is 4.01. The summed E-state index contributed by atoms with van der Waals surface area (Å²) in [5, 5.41) is 1.85. The molecule has 4 rings (SSSR count). The molecule has 1 aromatic heterocycles. The second-order valence-electron chi connectivity index (χ2n) is 6.29. The molecule has 3 nitrogen and oxygen atoms in total. The van der Waals surface area contributed by atoms with Crippen LogP contribution in [-0.2, 0) is 0 Å². The lowest BCUT2D eigenvalue weighted by Crippen LogP contribution is -2.59. The molecule has 2 aliphatic rings. The summed E-state index contributed by atoms with van der Waals surface area (Å²) >= 11 is 6.30. The Bertz CT molecular complexity index is 658. The lowest BCUT2D eigenvalue weighted by molar-refractivity contribution is 0.0947. The van der Waals surface area contributed by atoms with Gasteiger partial charge in [0.1, 0.15) is 5.82 Å². The number of pyridine rings is 1. The van der Waals surface area contributed by atoms with Crippen molar-refractivity contribution in [2.45, 2.75) is 31.3 Å². The number of piperidine rings is 1. The van der Waals surface area contributed by atoms with Crippen LogP contribution in [0.3, 0.4) is 0 Å². The van der Waals surface area contributed by atoms with Gasteiger partial charge in [-0.3, -0.25) is 4.90 Å². The molecule has 21 heavy (non-hydrogen) atoms. The summed E-state index contributed by atoms with van der Waals surface area (Å²) in [6.45, 7) is 2.16. The molecule has 0 N–H and O–H groups in total. The van der Waals surface area contributed by atoms with Crippen LogP contribution in [0, 0.1) is 0 Å². The van der Waals surface area contributed by atoms with Gasteiger partial charge in [-0.15, -0.1) is 0 Å². The predicted molar refractivity (Wildman–Crippen MR) is 88.2 cm³/mol. The molecule has 110 valence electrons. The number of benzene rings is 1. The molecule has 2 bridgehead atoms. The first-order valence-corrected chi connectivity index (χ1v) is 8.12. The summed E-state index contributed by atoms with van der Waals surface area (Å²) in [4.78, 5) is 9.83. The lowest BCUT2D eigenvalue weighted by atomic mass is 9.92. The van der Waals surface area contributed by atoms with Gasteiger partial charge in [-0.1, -0.05) is 30.2 Å². The molecule has 2 unspecified atom stereocenters. The van der Waals surface area contributed by atoms with Gasteiger partial charge < -0.3 is 4.90 Å². The molecule has 0 amide bonds. The Morgan fingerprint density at radius 3 is 2.62 bits per heavy atom. The van der Waals surface area contributed by atoms with Gasteiger partial charge in [-0.05, 0) is 38.1 Å². The molecule has 3 heterocycles. The van der Waals surface area contributed by atoms with Crippen molar-refractivity contribution in [2.75, 3.05) is 25.0 Å². The van der Waals surface area contributed by atoms with Crippen LogP contribution in [0.2, 0.25) is 5.02 Å². The van der Waals surface area contributed by atoms with Gasteiger partial charge in [0.2, 0.25) is 0 Å². The zero-order chi connectivity index (χ0) is 14.4. The quantitative estimate of drug-likeness (QED) is 0.803. The Labute approximate surface area is 130 Å². The van der Waals surface area contributed by atoms with Crippen molar-refractivity contribution < 1.29 is 0 Å². The van der Waals surface area contributed by atoms with E-state index in [2.05, 4.69) is 35.0 Å². The summed E-state index contributed by atoms with van der Waals surface area (Å²) < 4.78 is 0. The maximum atomic E-state index is 6.30. The molecule has 4 heteroatoms. The molecule has 2 aliphatic heterocycles. The topological polar surface area (TPSA) is 19.4 Å². The average Bonchev–Trinajstić information content (AvgIpc) is 2.47. The highest BCUT2D eigenvalue weighted by molar-refractivity contribution is 6.35. The second-order valence-corrected chi connectivity index (χ2v) is 6.70. The van der Waals surface area contributed by atoms with E-state index in [1.807, 2.05) is 12.1 Å². The van der Waals surface area contributed by atoms with E-state index in [4.69, 9.17) is 16.6 Å². The maximum absolute atomic E-state index is 6.30. The van der Waals surface area contributed by atoms with Crippen LogP contribution in [0.15, 0.2) is 30.3 Å². The predicted octanol–water partition coefficient (Wildman–Crippen LogP) is 3.56. The Kier molecular flexibility index (Phi) is 3.27. The molecule has 2 saturated heterocycles. The maximum Gasteiger partial charge on any atom is 0.129 e. The van der Waals surface area contributed by atoms with Crippen LogP contribution in [0.1, 0.15) is 19.3 Å². The van der Waals surface area contributed by atoms with E-state index in [-0.39, 0.29) is 0 Å². The number of halogens is 1. The highest BCUT2D eigenvalue weighted by Gasteiger charge is 2.35. The summed E-state index contributed by atoms with van der Waals surface area (Å²) in [6, 6.07) is 11.6. The van der Waals surface area contributed by atoms with E-state index in [9.17, 15) is 0 Å². The smallest absolute Gasteiger partial charge is 0.129 e. The SMILES string of the molecule is CN1C2CCCC1CN(c1ccc3cccc(Cl)c3n1)C2. The number of fused-ring (bicyclic) bond motifs is 3. The second kappa shape index (κ2) is 5.15. The Balaban J connectivity index is 1.69. The lowest BCUT2D eigenvalue weighted by Gasteiger charge is -2.48. The van der Waals surface area contributed by atoms with E-state index in [1.54, 1.807) is 0 Å². The highest BCUT2D eigenvalue weighted by atomic mass is 35.5. The van der Waals surface area contributed by atoms with Gasteiger partial charge >= 0.3 is 0 Å². The summed E-state index contributed by atoms with van der Waals surface area (Å²) in [5.74, 6) is 1.07. The van der Waals surface area contributed by atoms with Gasteiger partial charge in [0, 0.05) is 30.6 Å². The first-order chi connectivity index (χ1) is 10.2. The molecule has 0 radical (unpaired) electrons. The number of hydrogen-bond donors (Lipinski definition) is 0. The number of aromatic nitrogens is 1. The Hall–Kier alpha value is -1.32. The van der Waals surface area contributed by atoms with E-state index >= 15 is 0 Å². The van der Waals surface area contributed by atoms with Gasteiger partial charge in [-0.2, -0.15) is 0 Å². The number of rotatable bonds is 1. The molecular weight excluding hydrogens is 282 g/mol. The minimum Gasteiger partial charge on any atom is -0.353 e. The van der Waals surface area contributed by atoms with Crippen molar-refractivity contribution in [1.82, 2.24) is 9.88 Å². The number of likely N-dealkylation sites (N-methyl/N-ethyl adjacent to an activating group) is 1. The van der Waals surface area contributed by atoms with Crippen LogP contribution >= 0.6 is 11.6 Å². The van der Waals surface area contributed by atoms with Gasteiger partial charge in [0.15, 0.2) is 0 Å². The zero-order valence-corrected chi connectivity index (χ0v) is 13.1. The van der Waals surface area contributed by atoms with Crippen molar-refractivity contribution >= 4 is 28.3 Å². The number of piperazine rings is 1. The van der Waals surface area contributed by atoms with Crippen LogP contribution in [0.25, 0.3) is 10.9 Å². The molecule has 0 saturated carbocycles. The van der Waals surface area contributed by atoms with E-state index in [1.165, 1.54) is 19.3 Å². The van der Waals surface area contributed by atoms with E-state index in [0.29, 0.717) is 12.1 Å². The molecule has 0 aliphatic carbocycles.